The number of hydrogen-bond donors (Lipinski definition) is 1. The lowest BCUT2D eigenvalue weighted by molar-refractivity contribution is -0.170. The van der Waals surface area contributed by atoms with E-state index in [0.29, 0.717) is 36.9 Å². The lowest BCUT2D eigenvalue weighted by Gasteiger charge is -2.61. The van der Waals surface area contributed by atoms with E-state index in [1.54, 1.807) is 0 Å². The summed E-state index contributed by atoms with van der Waals surface area (Å²) in [6.45, 7) is 6.50. The molecule has 4 aliphatic carbocycles. The fraction of sp³-hybridized carbons (Fsp3) is 0.950. The summed E-state index contributed by atoms with van der Waals surface area (Å²) in [5.74, 6) is 1.38. The Morgan fingerprint density at radius 1 is 1.09 bits per heavy atom. The first-order valence-electron chi connectivity index (χ1n) is 9.57. The molecule has 130 valence electrons. The van der Waals surface area contributed by atoms with Crippen molar-refractivity contribution in [3.8, 4) is 0 Å². The minimum Gasteiger partial charge on any atom is -0.390 e. The lowest BCUT2D eigenvalue weighted by Crippen LogP contribution is -2.59. The van der Waals surface area contributed by atoms with Gasteiger partial charge in [0.2, 0.25) is 0 Å². The Balaban J connectivity index is 1.70. The molecule has 1 N–H and O–H groups in total. The molecule has 4 saturated carbocycles. The molecule has 0 aromatic rings. The fourth-order valence-corrected chi connectivity index (χ4v) is 7.21. The van der Waals surface area contributed by atoms with E-state index in [2.05, 4.69) is 13.8 Å². The van der Waals surface area contributed by atoms with Crippen LogP contribution in [0.1, 0.15) is 72.1 Å². The average Bonchev–Trinajstić information content (AvgIpc) is 2.72. The predicted octanol–water partition coefficient (Wildman–Crippen LogP) is 4.30. The third-order valence-corrected chi connectivity index (χ3v) is 9.02. The number of carbonyl (C=O) groups is 1. The van der Waals surface area contributed by atoms with Crippen molar-refractivity contribution in [3.63, 3.8) is 0 Å². The van der Waals surface area contributed by atoms with Crippen LogP contribution < -0.4 is 0 Å². The van der Waals surface area contributed by atoms with Crippen LogP contribution in [0.2, 0.25) is 0 Å². The Morgan fingerprint density at radius 3 is 2.52 bits per heavy atom. The fourth-order valence-electron chi connectivity index (χ4n) is 7.21. The van der Waals surface area contributed by atoms with Crippen molar-refractivity contribution in [1.82, 2.24) is 0 Å². The van der Waals surface area contributed by atoms with Crippen LogP contribution in [-0.2, 0) is 4.79 Å². The van der Waals surface area contributed by atoms with E-state index < -0.39 is 11.8 Å². The number of halogens is 1. The highest BCUT2D eigenvalue weighted by atomic mass is 19.1. The zero-order valence-electron chi connectivity index (χ0n) is 14.8. The van der Waals surface area contributed by atoms with Gasteiger partial charge in [0.05, 0.1) is 5.60 Å². The van der Waals surface area contributed by atoms with E-state index in [0.717, 1.165) is 32.1 Å². The van der Waals surface area contributed by atoms with Gasteiger partial charge in [-0.1, -0.05) is 13.8 Å². The molecular formula is C20H31FO2. The smallest absolute Gasteiger partial charge is 0.133 e. The van der Waals surface area contributed by atoms with Gasteiger partial charge in [0.1, 0.15) is 12.0 Å². The lowest BCUT2D eigenvalue weighted by atomic mass is 9.44. The molecule has 2 nitrogen and oxygen atoms in total. The Bertz CT molecular complexity index is 530. The molecule has 4 aliphatic rings. The van der Waals surface area contributed by atoms with E-state index in [9.17, 15) is 9.90 Å². The second-order valence-electron chi connectivity index (χ2n) is 9.76. The van der Waals surface area contributed by atoms with Crippen molar-refractivity contribution < 1.29 is 14.3 Å². The number of carbonyl (C=O) groups excluding carboxylic acids is 1. The molecule has 23 heavy (non-hydrogen) atoms. The number of rotatable bonds is 0. The molecule has 3 heteroatoms. The van der Waals surface area contributed by atoms with Gasteiger partial charge in [-0.25, -0.2) is 4.39 Å². The monoisotopic (exact) mass is 322 g/mol. The summed E-state index contributed by atoms with van der Waals surface area (Å²) in [6.07, 6.45) is 5.81. The molecule has 8 atom stereocenters. The maximum atomic E-state index is 15.3. The van der Waals surface area contributed by atoms with Gasteiger partial charge >= 0.3 is 0 Å². The molecule has 0 aromatic carbocycles. The van der Waals surface area contributed by atoms with Crippen molar-refractivity contribution in [3.05, 3.63) is 0 Å². The van der Waals surface area contributed by atoms with Crippen LogP contribution in [0.4, 0.5) is 4.39 Å². The van der Waals surface area contributed by atoms with E-state index >= 15 is 4.39 Å². The van der Waals surface area contributed by atoms with Gasteiger partial charge in [-0.3, -0.25) is 4.79 Å². The molecule has 0 bridgehead atoms. The topological polar surface area (TPSA) is 37.3 Å². The molecule has 0 spiro atoms. The zero-order chi connectivity index (χ0) is 16.6. The highest BCUT2D eigenvalue weighted by Gasteiger charge is 2.65. The van der Waals surface area contributed by atoms with Gasteiger partial charge in [-0.2, -0.15) is 0 Å². The first kappa shape index (κ1) is 16.1. The van der Waals surface area contributed by atoms with E-state index in [-0.39, 0.29) is 22.7 Å². The Kier molecular flexibility index (Phi) is 3.35. The summed E-state index contributed by atoms with van der Waals surface area (Å²) in [4.78, 5) is 11.9. The molecule has 0 radical (unpaired) electrons. The van der Waals surface area contributed by atoms with Gasteiger partial charge in [0.15, 0.2) is 0 Å². The molecule has 4 fully saturated rings. The second kappa shape index (κ2) is 4.80. The molecule has 0 aromatic heterocycles. The molecular weight excluding hydrogens is 291 g/mol. The van der Waals surface area contributed by atoms with Crippen molar-refractivity contribution in [2.24, 2.45) is 34.5 Å². The zero-order valence-corrected chi connectivity index (χ0v) is 14.8. The van der Waals surface area contributed by atoms with Crippen LogP contribution in [0, 0.1) is 34.5 Å². The molecule has 0 saturated heterocycles. The van der Waals surface area contributed by atoms with Gasteiger partial charge < -0.3 is 5.11 Å². The van der Waals surface area contributed by atoms with E-state index in [1.807, 2.05) is 6.92 Å². The summed E-state index contributed by atoms with van der Waals surface area (Å²) in [5.41, 5.74) is -0.647. The van der Waals surface area contributed by atoms with Gasteiger partial charge in [-0.15, -0.1) is 0 Å². The molecule has 0 heterocycles. The highest BCUT2D eigenvalue weighted by Crippen LogP contribution is 2.68. The normalized spacial score (nSPS) is 59.2. The minimum absolute atomic E-state index is 0.0946. The van der Waals surface area contributed by atoms with Crippen LogP contribution in [0.3, 0.4) is 0 Å². The van der Waals surface area contributed by atoms with E-state index in [1.165, 1.54) is 0 Å². The van der Waals surface area contributed by atoms with Crippen LogP contribution in [-0.4, -0.2) is 22.7 Å². The largest absolute Gasteiger partial charge is 0.390 e. The van der Waals surface area contributed by atoms with Crippen LogP contribution in [0.5, 0.6) is 0 Å². The van der Waals surface area contributed by atoms with Crippen molar-refractivity contribution in [2.45, 2.75) is 83.9 Å². The summed E-state index contributed by atoms with van der Waals surface area (Å²) in [5, 5.41) is 10.9. The van der Waals surface area contributed by atoms with Crippen LogP contribution in [0.25, 0.3) is 0 Å². The minimum atomic E-state index is -0.789. The van der Waals surface area contributed by atoms with Crippen LogP contribution in [0.15, 0.2) is 0 Å². The predicted molar refractivity (Wildman–Crippen MR) is 87.6 cm³/mol. The summed E-state index contributed by atoms with van der Waals surface area (Å²) >= 11 is 0. The van der Waals surface area contributed by atoms with Crippen molar-refractivity contribution in [1.29, 1.82) is 0 Å². The van der Waals surface area contributed by atoms with Gasteiger partial charge in [0, 0.05) is 12.8 Å². The molecule has 3 unspecified atom stereocenters. The maximum absolute atomic E-state index is 15.3. The number of fused-ring (bicyclic) bond motifs is 5. The number of hydrogen-bond acceptors (Lipinski definition) is 2. The third-order valence-electron chi connectivity index (χ3n) is 9.02. The average molecular weight is 322 g/mol. The Hall–Kier alpha value is -0.440. The highest BCUT2D eigenvalue weighted by molar-refractivity contribution is 5.79. The van der Waals surface area contributed by atoms with Gasteiger partial charge in [-0.05, 0) is 80.0 Å². The summed E-state index contributed by atoms with van der Waals surface area (Å²) in [6, 6.07) is 0. The Morgan fingerprint density at radius 2 is 1.78 bits per heavy atom. The molecule has 0 aliphatic heterocycles. The van der Waals surface area contributed by atoms with Gasteiger partial charge in [0.25, 0.3) is 0 Å². The van der Waals surface area contributed by atoms with Crippen LogP contribution >= 0.6 is 0 Å². The number of aliphatic hydroxyl groups is 1. The Labute approximate surface area is 139 Å². The quantitative estimate of drug-likeness (QED) is 0.722. The summed E-state index contributed by atoms with van der Waals surface area (Å²) in [7, 11) is 0. The molecule has 4 rings (SSSR count). The van der Waals surface area contributed by atoms with E-state index in [4.69, 9.17) is 0 Å². The van der Waals surface area contributed by atoms with Crippen molar-refractivity contribution >= 4 is 5.78 Å². The number of ketones is 1. The third kappa shape index (κ3) is 1.98. The maximum Gasteiger partial charge on any atom is 0.133 e. The number of alkyl halides is 1. The molecule has 0 amide bonds. The second-order valence-corrected chi connectivity index (χ2v) is 9.76. The number of Topliss-reactive ketones (excluding diaryl/α,β-unsaturated/α-hetero) is 1. The SMILES string of the molecule is CC12CCC(=O)CC1C[C@@H](F)[C@@H]1[C@@H]2CCC2(C)[C@H]1CC[C@]2(C)O. The first-order valence-corrected chi connectivity index (χ1v) is 9.57. The first-order chi connectivity index (χ1) is 10.7. The summed E-state index contributed by atoms with van der Waals surface area (Å²) < 4.78 is 15.3. The standard InChI is InChI=1S/C20H31FO2/c1-18-7-4-13(22)10-12(18)11-16(21)17-14(18)5-8-19(2)15(17)6-9-20(19,3)23/h12,14-17,23H,4-11H2,1-3H3/t12?,14-,15-,16+,17+,18?,19?,20-/m0/s1. The van der Waals surface area contributed by atoms with Crippen molar-refractivity contribution in [2.75, 3.05) is 0 Å².